The molecule has 1 aliphatic heterocycles. The molecule has 1 heterocycles. The molecule has 0 aliphatic carbocycles. The van der Waals surface area contributed by atoms with E-state index >= 15 is 0 Å². The lowest BCUT2D eigenvalue weighted by Crippen LogP contribution is -2.53. The third-order valence-corrected chi connectivity index (χ3v) is 8.18. The Kier molecular flexibility index (Phi) is 14.9. The summed E-state index contributed by atoms with van der Waals surface area (Å²) in [6.07, 6.45) is -0.953. The van der Waals surface area contributed by atoms with Gasteiger partial charge < -0.3 is 24.1 Å². The first-order valence-corrected chi connectivity index (χ1v) is 16.7. The zero-order valence-corrected chi connectivity index (χ0v) is 29.3. The van der Waals surface area contributed by atoms with E-state index in [2.05, 4.69) is 0 Å². The van der Waals surface area contributed by atoms with Gasteiger partial charge in [0.05, 0.1) is 38.4 Å². The number of cyclic esters (lactones) is 1. The summed E-state index contributed by atoms with van der Waals surface area (Å²) in [7, 11) is 0. The first-order chi connectivity index (χ1) is 23.3. The molecule has 2 amide bonds. The number of aryl methyl sites for hydroxylation is 1. The second kappa shape index (κ2) is 18.5. The first kappa shape index (κ1) is 39.3. The fourth-order valence-electron chi connectivity index (χ4n) is 6.19. The minimum Gasteiger partial charge on any atom is -0.453 e. The Morgan fingerprint density at radius 2 is 1.65 bits per heavy atom. The number of carbonyl (C=O) groups is 5. The van der Waals surface area contributed by atoms with Crippen LogP contribution in [0.3, 0.4) is 0 Å². The van der Waals surface area contributed by atoms with Crippen molar-refractivity contribution in [2.45, 2.75) is 78.6 Å². The van der Waals surface area contributed by atoms with Crippen molar-refractivity contribution in [1.82, 2.24) is 4.90 Å². The molecule has 1 N–H and O–H groups in total. The molecule has 3 rings (SSSR count). The number of nitrogens with zero attached hydrogens (tertiary/aromatic N) is 1. The van der Waals surface area contributed by atoms with Gasteiger partial charge in [0.15, 0.2) is 17.7 Å². The van der Waals surface area contributed by atoms with Crippen LogP contribution >= 0.6 is 0 Å². The van der Waals surface area contributed by atoms with Crippen LogP contribution in [-0.4, -0.2) is 90.3 Å². The topological polar surface area (TPSA) is 146 Å². The second-order valence-electron chi connectivity index (χ2n) is 13.0. The van der Waals surface area contributed by atoms with Gasteiger partial charge in [-0.25, -0.2) is 9.69 Å². The highest BCUT2D eigenvalue weighted by Gasteiger charge is 2.54. The lowest BCUT2D eigenvalue weighted by Gasteiger charge is -2.34. The molecule has 0 spiro atoms. The van der Waals surface area contributed by atoms with E-state index in [0.29, 0.717) is 30.8 Å². The summed E-state index contributed by atoms with van der Waals surface area (Å²) < 4.78 is 21.9. The number of rotatable bonds is 19. The van der Waals surface area contributed by atoms with Crippen LogP contribution in [0.2, 0.25) is 0 Å². The maximum absolute atomic E-state index is 14.5. The highest BCUT2D eigenvalue weighted by atomic mass is 16.6. The van der Waals surface area contributed by atoms with Gasteiger partial charge in [-0.15, -0.1) is 0 Å². The van der Waals surface area contributed by atoms with E-state index in [1.165, 1.54) is 0 Å². The third kappa shape index (κ3) is 11.2. The van der Waals surface area contributed by atoms with Gasteiger partial charge in [-0.1, -0.05) is 74.0 Å². The van der Waals surface area contributed by atoms with Crippen LogP contribution in [0, 0.1) is 18.8 Å². The molecule has 0 saturated carbocycles. The van der Waals surface area contributed by atoms with Crippen LogP contribution in [0.15, 0.2) is 60.7 Å². The largest absolute Gasteiger partial charge is 0.453 e. The van der Waals surface area contributed by atoms with Crippen molar-refractivity contribution in [1.29, 1.82) is 0 Å². The molecule has 49 heavy (non-hydrogen) atoms. The number of hydrogen-bond acceptors (Lipinski definition) is 10. The summed E-state index contributed by atoms with van der Waals surface area (Å²) in [6.45, 7) is 11.2. The Bertz CT molecular complexity index is 1480. The monoisotopic (exact) mass is 679 g/mol. The molecule has 3 unspecified atom stereocenters. The molecule has 0 bridgehead atoms. The van der Waals surface area contributed by atoms with Crippen LogP contribution in [-0.2, 0) is 44.5 Å². The fourth-order valence-corrected chi connectivity index (χ4v) is 6.19. The van der Waals surface area contributed by atoms with Gasteiger partial charge in [-0.3, -0.25) is 19.2 Å². The number of aliphatic hydroxyl groups is 1. The zero-order chi connectivity index (χ0) is 36.1. The molecule has 1 fully saturated rings. The molecular weight excluding hydrogens is 630 g/mol. The van der Waals surface area contributed by atoms with Crippen LogP contribution < -0.4 is 0 Å². The normalized spacial score (nSPS) is 17.1. The molecule has 0 aromatic heterocycles. The van der Waals surface area contributed by atoms with Crippen molar-refractivity contribution in [3.63, 3.8) is 0 Å². The number of benzene rings is 2. The van der Waals surface area contributed by atoms with Crippen molar-refractivity contribution in [3.8, 4) is 0 Å². The maximum Gasteiger partial charge on any atom is 0.417 e. The first-order valence-electron chi connectivity index (χ1n) is 16.7. The number of carbonyl (C=O) groups excluding carboxylic acids is 5. The summed E-state index contributed by atoms with van der Waals surface area (Å²) >= 11 is 0. The Balaban J connectivity index is 2.01. The van der Waals surface area contributed by atoms with E-state index in [4.69, 9.17) is 24.1 Å². The summed E-state index contributed by atoms with van der Waals surface area (Å²) in [5.41, 5.74) is 1.14. The lowest BCUT2D eigenvalue weighted by atomic mass is 9.85. The quantitative estimate of drug-likeness (QED) is 0.124. The molecule has 11 heteroatoms. The van der Waals surface area contributed by atoms with Gasteiger partial charge in [0, 0.05) is 25.5 Å². The zero-order valence-electron chi connectivity index (χ0n) is 29.3. The van der Waals surface area contributed by atoms with Gasteiger partial charge in [-0.2, -0.15) is 0 Å². The number of ether oxygens (including phenoxy) is 4. The molecule has 0 radical (unpaired) electrons. The molecule has 266 valence electrons. The highest BCUT2D eigenvalue weighted by molar-refractivity contribution is 6.25. The van der Waals surface area contributed by atoms with Gasteiger partial charge >= 0.3 is 12.1 Å². The average Bonchev–Trinajstić information content (AvgIpc) is 3.30. The predicted molar refractivity (Wildman–Crippen MR) is 182 cm³/mol. The van der Waals surface area contributed by atoms with Gasteiger partial charge in [-0.05, 0) is 56.7 Å². The van der Waals surface area contributed by atoms with E-state index in [9.17, 15) is 24.0 Å². The summed E-state index contributed by atoms with van der Waals surface area (Å²) in [5, 5.41) is 8.81. The van der Waals surface area contributed by atoms with E-state index in [0.717, 1.165) is 23.5 Å². The number of amides is 2. The van der Waals surface area contributed by atoms with Crippen molar-refractivity contribution in [2.75, 3.05) is 33.0 Å². The van der Waals surface area contributed by atoms with Crippen LogP contribution in [0.4, 0.5) is 4.79 Å². The molecule has 2 aromatic rings. The Morgan fingerprint density at radius 3 is 2.27 bits per heavy atom. The number of Topliss-reactive ketones (excluding diaryl/α,β-unsaturated/α-hetero) is 1. The molecular formula is C38H49NO10. The van der Waals surface area contributed by atoms with E-state index in [1.54, 1.807) is 56.3 Å². The van der Waals surface area contributed by atoms with E-state index in [-0.39, 0.29) is 49.9 Å². The van der Waals surface area contributed by atoms with Gasteiger partial charge in [0.2, 0.25) is 5.91 Å². The molecule has 2 aromatic carbocycles. The summed E-state index contributed by atoms with van der Waals surface area (Å²) in [5.74, 6) is -4.11. The lowest BCUT2D eigenvalue weighted by molar-refractivity contribution is -0.159. The summed E-state index contributed by atoms with van der Waals surface area (Å²) in [4.78, 5) is 69.2. The molecule has 3 atom stereocenters. The predicted octanol–water partition coefficient (Wildman–Crippen LogP) is 4.89. The fraction of sp³-hybridized carbons (Fsp3) is 0.500. The van der Waals surface area contributed by atoms with Crippen molar-refractivity contribution in [2.24, 2.45) is 11.8 Å². The minimum absolute atomic E-state index is 0.0285. The van der Waals surface area contributed by atoms with Gasteiger partial charge in [0.1, 0.15) is 5.60 Å². The Morgan fingerprint density at radius 1 is 0.980 bits per heavy atom. The second-order valence-corrected chi connectivity index (χ2v) is 13.0. The highest BCUT2D eigenvalue weighted by Crippen LogP contribution is 2.36. The number of ketones is 2. The maximum atomic E-state index is 14.5. The number of allylic oxidation sites excluding steroid dienone is 1. The Labute approximate surface area is 288 Å². The van der Waals surface area contributed by atoms with Crippen molar-refractivity contribution >= 4 is 35.1 Å². The number of hydrogen-bond donors (Lipinski definition) is 1. The SMILES string of the molecule is CC(=O)OC(C(=O)C=C(C(=O)CCCOCCOCCO)c1cccc(C)c1)C(Cc1ccccc1)C(=O)N1C(=O)OC(C)(C)C1C(C)C. The van der Waals surface area contributed by atoms with E-state index in [1.807, 2.05) is 32.9 Å². The van der Waals surface area contributed by atoms with Crippen molar-refractivity contribution < 1.29 is 48.0 Å². The van der Waals surface area contributed by atoms with Crippen LogP contribution in [0.1, 0.15) is 64.2 Å². The standard InChI is InChI=1S/C38H49NO10/c1-25(2)35-38(5,6)49-37(45)39(35)36(44)31(23-28-13-8-7-9-14-28)34(48-27(4)41)33(43)24-30(29-15-10-12-26(3)22-29)32(42)16-11-18-46-20-21-47-19-17-40/h7-10,12-15,22,24-25,31,34-35,40H,11,16-21,23H2,1-6H3. The van der Waals surface area contributed by atoms with Crippen LogP contribution in [0.25, 0.3) is 5.57 Å². The smallest absolute Gasteiger partial charge is 0.417 e. The number of esters is 1. The number of aliphatic hydroxyl groups excluding tert-OH is 1. The van der Waals surface area contributed by atoms with Gasteiger partial charge in [0.25, 0.3) is 0 Å². The van der Waals surface area contributed by atoms with E-state index < -0.39 is 47.4 Å². The van der Waals surface area contributed by atoms with Crippen molar-refractivity contribution in [3.05, 3.63) is 77.4 Å². The third-order valence-electron chi connectivity index (χ3n) is 8.18. The number of imide groups is 1. The van der Waals surface area contributed by atoms with Crippen LogP contribution in [0.5, 0.6) is 0 Å². The Hall–Kier alpha value is -4.19. The summed E-state index contributed by atoms with van der Waals surface area (Å²) in [6, 6.07) is 15.4. The molecule has 11 nitrogen and oxygen atoms in total. The average molecular weight is 680 g/mol. The molecule has 1 saturated heterocycles. The minimum atomic E-state index is -1.65. The molecule has 1 aliphatic rings.